The summed E-state index contributed by atoms with van der Waals surface area (Å²) in [7, 11) is 0. The van der Waals surface area contributed by atoms with Gasteiger partial charge < -0.3 is 5.73 Å². The van der Waals surface area contributed by atoms with Crippen molar-refractivity contribution in [2.24, 2.45) is 5.73 Å². The molecule has 0 aliphatic heterocycles. The highest BCUT2D eigenvalue weighted by atomic mass is 15.5. The van der Waals surface area contributed by atoms with Crippen LogP contribution in [0.2, 0.25) is 0 Å². The van der Waals surface area contributed by atoms with Gasteiger partial charge in [-0.2, -0.15) is 0 Å². The van der Waals surface area contributed by atoms with Crippen molar-refractivity contribution in [1.29, 1.82) is 0 Å². The highest BCUT2D eigenvalue weighted by Gasteiger charge is 2.24. The molecule has 0 amide bonds. The van der Waals surface area contributed by atoms with E-state index < -0.39 is 0 Å². The Hall–Kier alpha value is -0.970. The molecule has 1 aliphatic carbocycles. The molecule has 1 aromatic rings. The molecule has 1 fully saturated rings. The Bertz CT molecular complexity index is 278. The maximum Gasteiger partial charge on any atom is 0.154 e. The van der Waals surface area contributed by atoms with Gasteiger partial charge in [-0.15, -0.1) is 5.10 Å². The van der Waals surface area contributed by atoms with Gasteiger partial charge in [-0.3, -0.25) is 0 Å². The van der Waals surface area contributed by atoms with E-state index in [0.717, 1.165) is 31.8 Å². The Morgan fingerprint density at radius 1 is 1.36 bits per heavy atom. The quantitative estimate of drug-likeness (QED) is 0.701. The van der Waals surface area contributed by atoms with Crippen LogP contribution in [0.1, 0.15) is 43.8 Å². The van der Waals surface area contributed by atoms with Gasteiger partial charge in [-0.05, 0) is 42.7 Å². The Kier molecular flexibility index (Phi) is 3.08. The lowest BCUT2D eigenvalue weighted by Gasteiger charge is -2.23. The third kappa shape index (κ3) is 1.92. The van der Waals surface area contributed by atoms with Crippen molar-refractivity contribution < 1.29 is 0 Å². The van der Waals surface area contributed by atoms with Crippen molar-refractivity contribution in [3.8, 4) is 0 Å². The number of hydrogen-bond donors (Lipinski definition) is 1. The summed E-state index contributed by atoms with van der Waals surface area (Å²) in [5.74, 6) is 1.69. The van der Waals surface area contributed by atoms with Crippen LogP contribution in [0.4, 0.5) is 0 Å². The van der Waals surface area contributed by atoms with Crippen molar-refractivity contribution in [2.75, 3.05) is 6.54 Å². The van der Waals surface area contributed by atoms with Gasteiger partial charge in [0, 0.05) is 12.5 Å². The molecule has 0 atom stereocenters. The van der Waals surface area contributed by atoms with E-state index in [-0.39, 0.29) is 0 Å². The van der Waals surface area contributed by atoms with Gasteiger partial charge in [0.2, 0.25) is 0 Å². The van der Waals surface area contributed by atoms with E-state index in [1.165, 1.54) is 19.3 Å². The standard InChI is InChI=1S/C9H17N5/c10-6-1-2-7-14-9(11-12-13-14)8-4-3-5-8/h8H,1-7,10H2. The highest BCUT2D eigenvalue weighted by Crippen LogP contribution is 2.34. The molecule has 0 aromatic carbocycles. The van der Waals surface area contributed by atoms with Crippen LogP contribution in [0, 0.1) is 0 Å². The fraction of sp³-hybridized carbons (Fsp3) is 0.889. The van der Waals surface area contributed by atoms with Crippen molar-refractivity contribution in [3.05, 3.63) is 5.82 Å². The van der Waals surface area contributed by atoms with Crippen LogP contribution in [0.15, 0.2) is 0 Å². The second-order valence-electron chi connectivity index (χ2n) is 3.88. The van der Waals surface area contributed by atoms with E-state index in [2.05, 4.69) is 15.5 Å². The molecule has 14 heavy (non-hydrogen) atoms. The summed E-state index contributed by atoms with van der Waals surface area (Å²) >= 11 is 0. The maximum absolute atomic E-state index is 5.44. The number of aryl methyl sites for hydroxylation is 1. The lowest BCUT2D eigenvalue weighted by Crippen LogP contribution is -2.16. The van der Waals surface area contributed by atoms with Crippen molar-refractivity contribution in [3.63, 3.8) is 0 Å². The smallest absolute Gasteiger partial charge is 0.154 e. The zero-order chi connectivity index (χ0) is 9.80. The molecule has 1 saturated carbocycles. The Labute approximate surface area is 83.7 Å². The minimum Gasteiger partial charge on any atom is -0.330 e. The molecule has 0 unspecified atom stereocenters. The lowest BCUT2D eigenvalue weighted by atomic mass is 9.85. The van der Waals surface area contributed by atoms with Gasteiger partial charge in [-0.25, -0.2) is 4.68 Å². The number of tetrazole rings is 1. The van der Waals surface area contributed by atoms with Gasteiger partial charge in [0.05, 0.1) is 0 Å². The third-order valence-corrected chi connectivity index (χ3v) is 2.85. The molecule has 2 N–H and O–H groups in total. The summed E-state index contributed by atoms with van der Waals surface area (Å²) in [6, 6.07) is 0. The number of nitrogens with two attached hydrogens (primary N) is 1. The molecule has 0 bridgehead atoms. The van der Waals surface area contributed by atoms with Gasteiger partial charge in [0.15, 0.2) is 5.82 Å². The van der Waals surface area contributed by atoms with E-state index in [1.807, 2.05) is 4.68 Å². The fourth-order valence-electron chi connectivity index (χ4n) is 1.74. The predicted octanol–water partition coefficient (Wildman–Crippen LogP) is 0.679. The van der Waals surface area contributed by atoms with Crippen molar-refractivity contribution >= 4 is 0 Å². The van der Waals surface area contributed by atoms with Crippen molar-refractivity contribution in [2.45, 2.75) is 44.6 Å². The zero-order valence-electron chi connectivity index (χ0n) is 8.39. The van der Waals surface area contributed by atoms with E-state index in [9.17, 15) is 0 Å². The second kappa shape index (κ2) is 4.50. The molecule has 2 rings (SSSR count). The number of hydrogen-bond acceptors (Lipinski definition) is 4. The van der Waals surface area contributed by atoms with Crippen LogP contribution in [-0.4, -0.2) is 26.8 Å². The first kappa shape index (κ1) is 9.58. The minimum atomic E-state index is 0.614. The van der Waals surface area contributed by atoms with Gasteiger partial charge in [0.1, 0.15) is 0 Å². The molecular formula is C9H17N5. The highest BCUT2D eigenvalue weighted by molar-refractivity contribution is 4.98. The average Bonchev–Trinajstić information content (AvgIpc) is 2.51. The largest absolute Gasteiger partial charge is 0.330 e. The summed E-state index contributed by atoms with van der Waals surface area (Å²) in [6.45, 7) is 1.66. The second-order valence-corrected chi connectivity index (χ2v) is 3.88. The normalized spacial score (nSPS) is 16.9. The van der Waals surface area contributed by atoms with Crippen LogP contribution < -0.4 is 5.73 Å². The molecule has 0 saturated heterocycles. The molecule has 0 radical (unpaired) electrons. The fourth-order valence-corrected chi connectivity index (χ4v) is 1.74. The first-order valence-electron chi connectivity index (χ1n) is 5.38. The predicted molar refractivity (Wildman–Crippen MR) is 52.7 cm³/mol. The summed E-state index contributed by atoms with van der Waals surface area (Å²) in [6.07, 6.45) is 5.93. The molecule has 0 spiro atoms. The topological polar surface area (TPSA) is 69.6 Å². The van der Waals surface area contributed by atoms with Gasteiger partial charge in [-0.1, -0.05) is 6.42 Å². The number of aromatic nitrogens is 4. The van der Waals surface area contributed by atoms with Crippen LogP contribution in [0.25, 0.3) is 0 Å². The monoisotopic (exact) mass is 195 g/mol. The Morgan fingerprint density at radius 2 is 2.21 bits per heavy atom. The Balaban J connectivity index is 1.91. The average molecular weight is 195 g/mol. The van der Waals surface area contributed by atoms with E-state index in [4.69, 9.17) is 5.73 Å². The first-order valence-corrected chi connectivity index (χ1v) is 5.38. The van der Waals surface area contributed by atoms with Gasteiger partial charge in [0.25, 0.3) is 0 Å². The zero-order valence-corrected chi connectivity index (χ0v) is 8.39. The first-order chi connectivity index (χ1) is 6.92. The molecule has 5 nitrogen and oxygen atoms in total. The van der Waals surface area contributed by atoms with Crippen LogP contribution in [0.5, 0.6) is 0 Å². The number of unbranched alkanes of at least 4 members (excludes halogenated alkanes) is 1. The lowest BCUT2D eigenvalue weighted by molar-refractivity contribution is 0.376. The SMILES string of the molecule is NCCCCn1nnnc1C1CCC1. The minimum absolute atomic E-state index is 0.614. The molecule has 5 heteroatoms. The number of rotatable bonds is 5. The molecular weight excluding hydrogens is 178 g/mol. The van der Waals surface area contributed by atoms with Crippen molar-refractivity contribution in [1.82, 2.24) is 20.2 Å². The summed E-state index contributed by atoms with van der Waals surface area (Å²) in [4.78, 5) is 0. The van der Waals surface area contributed by atoms with Gasteiger partial charge >= 0.3 is 0 Å². The third-order valence-electron chi connectivity index (χ3n) is 2.85. The Morgan fingerprint density at radius 3 is 2.86 bits per heavy atom. The van der Waals surface area contributed by atoms with E-state index >= 15 is 0 Å². The van der Waals surface area contributed by atoms with E-state index in [0.29, 0.717) is 5.92 Å². The molecule has 78 valence electrons. The summed E-state index contributed by atoms with van der Waals surface area (Å²) in [5, 5.41) is 11.8. The van der Waals surface area contributed by atoms with Crippen LogP contribution >= 0.6 is 0 Å². The molecule has 1 aliphatic rings. The summed E-state index contributed by atoms with van der Waals surface area (Å²) < 4.78 is 1.94. The van der Waals surface area contributed by atoms with Crippen LogP contribution in [-0.2, 0) is 6.54 Å². The molecule has 1 aromatic heterocycles. The van der Waals surface area contributed by atoms with E-state index in [1.54, 1.807) is 0 Å². The maximum atomic E-state index is 5.44. The number of nitrogens with zero attached hydrogens (tertiary/aromatic N) is 4. The van der Waals surface area contributed by atoms with Crippen LogP contribution in [0.3, 0.4) is 0 Å². The molecule has 1 heterocycles. The summed E-state index contributed by atoms with van der Waals surface area (Å²) in [5.41, 5.74) is 5.44.